The van der Waals surface area contributed by atoms with E-state index >= 15 is 0 Å². The number of anilines is 2. The van der Waals surface area contributed by atoms with Crippen molar-refractivity contribution in [3.8, 4) is 0 Å². The van der Waals surface area contributed by atoms with E-state index in [9.17, 15) is 0 Å². The van der Waals surface area contributed by atoms with Gasteiger partial charge >= 0.3 is 0 Å². The Kier molecular flexibility index (Phi) is 4.34. The highest BCUT2D eigenvalue weighted by molar-refractivity contribution is 7.98. The molecule has 0 unspecified atom stereocenters. The van der Waals surface area contributed by atoms with Crippen molar-refractivity contribution in [2.45, 2.75) is 25.4 Å². The molecule has 132 valence electrons. The summed E-state index contributed by atoms with van der Waals surface area (Å²) in [5.41, 5.74) is 4.90. The van der Waals surface area contributed by atoms with E-state index < -0.39 is 0 Å². The monoisotopic (exact) mass is 365 g/mol. The molecule has 0 amide bonds. The molecule has 26 heavy (non-hydrogen) atoms. The maximum Gasteiger partial charge on any atom is 0.161 e. The van der Waals surface area contributed by atoms with Crippen LogP contribution in [0.5, 0.6) is 0 Å². The average Bonchev–Trinajstić information content (AvgIpc) is 3.19. The first-order valence-electron chi connectivity index (χ1n) is 8.25. The van der Waals surface area contributed by atoms with E-state index in [0.29, 0.717) is 0 Å². The van der Waals surface area contributed by atoms with Gasteiger partial charge in [0.2, 0.25) is 0 Å². The fourth-order valence-corrected chi connectivity index (χ4v) is 3.52. The second kappa shape index (κ2) is 6.80. The Labute approximate surface area is 155 Å². The third-order valence-electron chi connectivity index (χ3n) is 4.32. The summed E-state index contributed by atoms with van der Waals surface area (Å²) in [6.07, 6.45) is 3.52. The summed E-state index contributed by atoms with van der Waals surface area (Å²) < 4.78 is 2.01. The summed E-state index contributed by atoms with van der Waals surface area (Å²) in [6, 6.07) is 10.3. The number of benzene rings is 1. The molecule has 0 aliphatic heterocycles. The lowest BCUT2D eigenvalue weighted by atomic mass is 10.2. The fraction of sp³-hybridized carbons (Fsp3) is 0.222. The van der Waals surface area contributed by atoms with Crippen LogP contribution in [0.15, 0.2) is 41.7 Å². The van der Waals surface area contributed by atoms with Crippen molar-refractivity contribution in [3.05, 3.63) is 53.6 Å². The van der Waals surface area contributed by atoms with Crippen LogP contribution in [-0.2, 0) is 6.54 Å². The van der Waals surface area contributed by atoms with Crippen LogP contribution in [0.3, 0.4) is 0 Å². The van der Waals surface area contributed by atoms with Gasteiger partial charge in [0.15, 0.2) is 5.65 Å². The molecular formula is C18H19N7S. The van der Waals surface area contributed by atoms with Gasteiger partial charge in [-0.05, 0) is 25.7 Å². The van der Waals surface area contributed by atoms with Crippen LogP contribution < -0.4 is 5.32 Å². The Hall–Kier alpha value is -2.87. The molecule has 1 aromatic carbocycles. The van der Waals surface area contributed by atoms with E-state index in [4.69, 9.17) is 5.10 Å². The van der Waals surface area contributed by atoms with E-state index in [-0.39, 0.29) is 0 Å². The van der Waals surface area contributed by atoms with Crippen LogP contribution in [0.25, 0.3) is 11.0 Å². The van der Waals surface area contributed by atoms with Gasteiger partial charge in [0.1, 0.15) is 17.2 Å². The third-order valence-corrected chi connectivity index (χ3v) is 5.00. The number of aromatic amines is 1. The molecule has 0 radical (unpaired) electrons. The van der Waals surface area contributed by atoms with Gasteiger partial charge < -0.3 is 5.32 Å². The zero-order valence-corrected chi connectivity index (χ0v) is 15.6. The number of rotatable bonds is 5. The number of nitrogens with zero attached hydrogens (tertiary/aromatic N) is 5. The molecule has 0 aliphatic carbocycles. The zero-order chi connectivity index (χ0) is 18.1. The van der Waals surface area contributed by atoms with E-state index in [1.165, 1.54) is 11.9 Å². The fourth-order valence-electron chi connectivity index (χ4n) is 2.98. The van der Waals surface area contributed by atoms with Gasteiger partial charge in [-0.3, -0.25) is 9.78 Å². The van der Waals surface area contributed by atoms with Crippen molar-refractivity contribution in [1.82, 2.24) is 29.9 Å². The maximum absolute atomic E-state index is 4.69. The van der Waals surface area contributed by atoms with Gasteiger partial charge in [-0.25, -0.2) is 9.97 Å². The molecule has 0 saturated carbocycles. The van der Waals surface area contributed by atoms with Crippen molar-refractivity contribution in [2.75, 3.05) is 11.6 Å². The Bertz CT molecular complexity index is 1050. The molecule has 3 heterocycles. The number of hydrogen-bond acceptors (Lipinski definition) is 6. The largest absolute Gasteiger partial charge is 0.336 e. The summed E-state index contributed by atoms with van der Waals surface area (Å²) >= 11 is 1.56. The van der Waals surface area contributed by atoms with Gasteiger partial charge in [0.05, 0.1) is 29.0 Å². The molecule has 4 rings (SSSR count). The first-order valence-corrected chi connectivity index (χ1v) is 9.48. The standard InChI is InChI=1S/C18H19N7S/c1-11-15(12(2)25(24-11)9-13-7-5-4-6-8-13)21-16-14-17(20-10-19-16)22-23-18(14)26-3/h4-8,10H,9H2,1-3H3,(H2,19,20,21,22,23). The summed E-state index contributed by atoms with van der Waals surface area (Å²) in [7, 11) is 0. The first-order chi connectivity index (χ1) is 12.7. The van der Waals surface area contributed by atoms with Gasteiger partial charge in [-0.15, -0.1) is 11.8 Å². The van der Waals surface area contributed by atoms with E-state index in [2.05, 4.69) is 44.5 Å². The Morgan fingerprint density at radius 1 is 1.15 bits per heavy atom. The number of nitrogens with one attached hydrogen (secondary N) is 2. The molecule has 0 spiro atoms. The summed E-state index contributed by atoms with van der Waals surface area (Å²) in [5, 5.41) is 17.2. The molecular weight excluding hydrogens is 346 g/mol. The van der Waals surface area contributed by atoms with Crippen LogP contribution >= 0.6 is 11.8 Å². The number of aromatic nitrogens is 6. The highest BCUT2D eigenvalue weighted by Crippen LogP contribution is 2.31. The molecule has 4 aromatic rings. The second-order valence-corrected chi connectivity index (χ2v) is 6.79. The van der Waals surface area contributed by atoms with Crippen LogP contribution in [0, 0.1) is 13.8 Å². The van der Waals surface area contributed by atoms with Gasteiger partial charge in [0, 0.05) is 0 Å². The highest BCUT2D eigenvalue weighted by Gasteiger charge is 2.17. The summed E-state index contributed by atoms with van der Waals surface area (Å²) in [5.74, 6) is 0.735. The number of hydrogen-bond donors (Lipinski definition) is 2. The number of aryl methyl sites for hydroxylation is 1. The van der Waals surface area contributed by atoms with Crippen LogP contribution in [-0.4, -0.2) is 36.2 Å². The van der Waals surface area contributed by atoms with Crippen molar-refractivity contribution >= 4 is 34.3 Å². The average molecular weight is 365 g/mol. The molecule has 2 N–H and O–H groups in total. The molecule has 0 aliphatic rings. The molecule has 8 heteroatoms. The second-order valence-electron chi connectivity index (χ2n) is 5.99. The first kappa shape index (κ1) is 16.6. The van der Waals surface area contributed by atoms with Crippen molar-refractivity contribution < 1.29 is 0 Å². The Morgan fingerprint density at radius 2 is 1.96 bits per heavy atom. The molecule has 0 bridgehead atoms. The summed E-state index contributed by atoms with van der Waals surface area (Å²) in [6.45, 7) is 4.80. The Morgan fingerprint density at radius 3 is 2.73 bits per heavy atom. The minimum atomic E-state index is 0.721. The van der Waals surface area contributed by atoms with Crippen molar-refractivity contribution in [1.29, 1.82) is 0 Å². The third kappa shape index (κ3) is 2.92. The van der Waals surface area contributed by atoms with E-state index in [1.807, 2.05) is 36.1 Å². The molecule has 7 nitrogen and oxygen atoms in total. The minimum Gasteiger partial charge on any atom is -0.336 e. The number of thioether (sulfide) groups is 1. The normalized spacial score (nSPS) is 11.2. The predicted molar refractivity (Wildman–Crippen MR) is 104 cm³/mol. The lowest BCUT2D eigenvalue weighted by Crippen LogP contribution is -2.04. The number of H-pyrrole nitrogens is 1. The summed E-state index contributed by atoms with van der Waals surface area (Å²) in [4.78, 5) is 8.68. The van der Waals surface area contributed by atoms with E-state index in [0.717, 1.165) is 45.5 Å². The Balaban J connectivity index is 1.70. The lowest BCUT2D eigenvalue weighted by Gasteiger charge is -2.08. The van der Waals surface area contributed by atoms with E-state index in [1.54, 1.807) is 11.8 Å². The van der Waals surface area contributed by atoms with Gasteiger partial charge in [-0.1, -0.05) is 30.3 Å². The zero-order valence-electron chi connectivity index (χ0n) is 14.8. The van der Waals surface area contributed by atoms with Crippen molar-refractivity contribution in [3.63, 3.8) is 0 Å². The lowest BCUT2D eigenvalue weighted by molar-refractivity contribution is 0.659. The van der Waals surface area contributed by atoms with Gasteiger partial charge in [0.25, 0.3) is 0 Å². The van der Waals surface area contributed by atoms with Crippen molar-refractivity contribution in [2.24, 2.45) is 0 Å². The van der Waals surface area contributed by atoms with Crippen LogP contribution in [0.4, 0.5) is 11.5 Å². The maximum atomic E-state index is 4.69. The number of fused-ring (bicyclic) bond motifs is 1. The smallest absolute Gasteiger partial charge is 0.161 e. The topological polar surface area (TPSA) is 84.3 Å². The molecule has 0 saturated heterocycles. The SMILES string of the molecule is CSc1n[nH]c2ncnc(Nc3c(C)nn(Cc4ccccc4)c3C)c12. The molecule has 3 aromatic heterocycles. The molecule has 0 atom stereocenters. The van der Waals surface area contributed by atoms with Crippen LogP contribution in [0.2, 0.25) is 0 Å². The predicted octanol–water partition coefficient (Wildman–Crippen LogP) is 3.68. The molecule has 0 fully saturated rings. The minimum absolute atomic E-state index is 0.721. The van der Waals surface area contributed by atoms with Crippen LogP contribution in [0.1, 0.15) is 17.0 Å². The quantitative estimate of drug-likeness (QED) is 0.525. The highest BCUT2D eigenvalue weighted by atomic mass is 32.2. The van der Waals surface area contributed by atoms with Gasteiger partial charge in [-0.2, -0.15) is 10.2 Å².